The number of nitrogens with two attached hydrogens (primary N) is 2. The third-order valence-electron chi connectivity index (χ3n) is 3.12. The quantitative estimate of drug-likeness (QED) is 0.513. The minimum absolute atomic E-state index is 0.114. The molecule has 144 valence electrons. The summed E-state index contributed by atoms with van der Waals surface area (Å²) in [7, 11) is 0. The molecule has 0 atom stereocenters. The van der Waals surface area contributed by atoms with Gasteiger partial charge in [0.25, 0.3) is 0 Å². The minimum atomic E-state index is -4.48. The summed E-state index contributed by atoms with van der Waals surface area (Å²) < 4.78 is 73.3. The summed E-state index contributed by atoms with van der Waals surface area (Å²) in [6, 6.07) is 1.67. The van der Waals surface area contributed by atoms with Gasteiger partial charge < -0.3 is 11.5 Å². The average Bonchev–Trinajstić information content (AvgIpc) is 2.48. The number of hydrogen-bond donors (Lipinski definition) is 2. The van der Waals surface area contributed by atoms with Crippen LogP contribution >= 0.6 is 11.6 Å². The number of rotatable bonds is 1. The molecule has 2 heterocycles. The van der Waals surface area contributed by atoms with Crippen LogP contribution in [0.5, 0.6) is 0 Å². The molecule has 0 radical (unpaired) electrons. The van der Waals surface area contributed by atoms with Crippen molar-refractivity contribution in [3.05, 3.63) is 46.5 Å². The second-order valence-corrected chi connectivity index (χ2v) is 5.73. The van der Waals surface area contributed by atoms with Gasteiger partial charge in [0.05, 0.1) is 28.2 Å². The zero-order valence-electron chi connectivity index (χ0n) is 13.6. The summed E-state index contributed by atoms with van der Waals surface area (Å²) in [6.07, 6.45) is -6.79. The van der Waals surface area contributed by atoms with E-state index in [2.05, 4.69) is 9.97 Å². The predicted molar refractivity (Wildman–Crippen MR) is 86.4 cm³/mol. The number of nitrogen functional groups attached to an aromatic ring is 2. The highest BCUT2D eigenvalue weighted by atomic mass is 35.5. The molecule has 26 heavy (non-hydrogen) atoms. The van der Waals surface area contributed by atoms with E-state index in [-0.39, 0.29) is 16.8 Å². The van der Waals surface area contributed by atoms with Gasteiger partial charge in [0.2, 0.25) is 0 Å². The highest BCUT2D eigenvalue weighted by molar-refractivity contribution is 6.31. The first-order valence-corrected chi connectivity index (χ1v) is 7.43. The maximum absolute atomic E-state index is 12.4. The normalized spacial score (nSPS) is 11.9. The monoisotopic (exact) mass is 400 g/mol. The molecule has 0 aliphatic rings. The number of anilines is 2. The standard InChI is InChI=1S/C9H11F3N2.C6H4ClF3N2/c1-5(2)8-7(13)6(3-4-14-8)9(10,11)12;7-5-4(11)3(1-2-12-5)6(8,9)10/h3-5H,13H2,1-2H3;1-2H,11H2. The zero-order valence-corrected chi connectivity index (χ0v) is 14.3. The van der Waals surface area contributed by atoms with Gasteiger partial charge in [-0.25, -0.2) is 4.98 Å². The average molecular weight is 401 g/mol. The van der Waals surface area contributed by atoms with E-state index < -0.39 is 29.2 Å². The lowest BCUT2D eigenvalue weighted by Gasteiger charge is -2.14. The maximum atomic E-state index is 12.4. The van der Waals surface area contributed by atoms with E-state index in [1.54, 1.807) is 13.8 Å². The molecule has 4 N–H and O–H groups in total. The van der Waals surface area contributed by atoms with Gasteiger partial charge >= 0.3 is 12.4 Å². The number of hydrogen-bond acceptors (Lipinski definition) is 4. The molecule has 2 rings (SSSR count). The van der Waals surface area contributed by atoms with E-state index in [9.17, 15) is 26.3 Å². The molecular formula is C15H15ClF6N4. The molecule has 0 saturated heterocycles. The van der Waals surface area contributed by atoms with E-state index in [1.807, 2.05) is 0 Å². The van der Waals surface area contributed by atoms with E-state index in [0.717, 1.165) is 24.5 Å². The number of aromatic nitrogens is 2. The Morgan fingerprint density at radius 1 is 0.846 bits per heavy atom. The van der Waals surface area contributed by atoms with Crippen molar-refractivity contribution in [2.45, 2.75) is 32.1 Å². The molecule has 0 aliphatic carbocycles. The largest absolute Gasteiger partial charge is 0.418 e. The van der Waals surface area contributed by atoms with E-state index in [4.69, 9.17) is 23.1 Å². The molecule has 2 aromatic heterocycles. The highest BCUT2D eigenvalue weighted by Gasteiger charge is 2.34. The summed E-state index contributed by atoms with van der Waals surface area (Å²) in [4.78, 5) is 7.22. The molecule has 0 spiro atoms. The first-order chi connectivity index (χ1) is 11.8. The summed E-state index contributed by atoms with van der Waals surface area (Å²) in [5.41, 5.74) is 8.16. The Morgan fingerprint density at radius 2 is 1.27 bits per heavy atom. The van der Waals surface area contributed by atoms with Gasteiger partial charge in [-0.15, -0.1) is 0 Å². The van der Waals surface area contributed by atoms with Gasteiger partial charge in [-0.05, 0) is 18.1 Å². The van der Waals surface area contributed by atoms with Crippen LogP contribution in [0.1, 0.15) is 36.6 Å². The Balaban J connectivity index is 0.000000263. The molecule has 0 saturated carbocycles. The van der Waals surface area contributed by atoms with Crippen molar-refractivity contribution >= 4 is 23.0 Å². The number of pyridine rings is 2. The molecule has 2 aromatic rings. The lowest BCUT2D eigenvalue weighted by molar-refractivity contribution is -0.137. The number of alkyl halides is 6. The van der Waals surface area contributed by atoms with Crippen molar-refractivity contribution in [2.75, 3.05) is 11.5 Å². The Labute approximate surface area is 150 Å². The molecule has 4 nitrogen and oxygen atoms in total. The van der Waals surface area contributed by atoms with Gasteiger partial charge in [0, 0.05) is 12.4 Å². The molecule has 0 unspecified atom stereocenters. The van der Waals surface area contributed by atoms with Gasteiger partial charge in [0.1, 0.15) is 0 Å². The lowest BCUT2D eigenvalue weighted by Crippen LogP contribution is -2.12. The van der Waals surface area contributed by atoms with Crippen molar-refractivity contribution in [3.63, 3.8) is 0 Å². The van der Waals surface area contributed by atoms with Crippen LogP contribution in [0.2, 0.25) is 5.15 Å². The van der Waals surface area contributed by atoms with Crippen LogP contribution in [-0.4, -0.2) is 9.97 Å². The molecular weight excluding hydrogens is 386 g/mol. The van der Waals surface area contributed by atoms with Crippen LogP contribution < -0.4 is 11.5 Å². The lowest BCUT2D eigenvalue weighted by atomic mass is 10.0. The van der Waals surface area contributed by atoms with Gasteiger partial charge in [-0.2, -0.15) is 26.3 Å². The zero-order chi connectivity index (χ0) is 20.3. The molecule has 11 heteroatoms. The van der Waals surface area contributed by atoms with Crippen LogP contribution in [0.4, 0.5) is 37.7 Å². The molecule has 0 fully saturated rings. The molecule has 0 amide bonds. The predicted octanol–water partition coefficient (Wildman–Crippen LogP) is 5.14. The Kier molecular flexibility index (Phi) is 6.70. The van der Waals surface area contributed by atoms with Crippen molar-refractivity contribution in [3.8, 4) is 0 Å². The van der Waals surface area contributed by atoms with Crippen molar-refractivity contribution in [2.24, 2.45) is 0 Å². The summed E-state index contributed by atoms with van der Waals surface area (Å²) >= 11 is 5.28. The van der Waals surface area contributed by atoms with Crippen molar-refractivity contribution < 1.29 is 26.3 Å². The fourth-order valence-corrected chi connectivity index (χ4v) is 2.05. The van der Waals surface area contributed by atoms with Gasteiger partial charge in [0.15, 0.2) is 5.15 Å². The fourth-order valence-electron chi connectivity index (χ4n) is 1.89. The second-order valence-electron chi connectivity index (χ2n) is 5.37. The second kappa shape index (κ2) is 7.98. The SMILES string of the molecule is CC(C)c1nccc(C(F)(F)F)c1N.Nc1c(C(F)(F)F)ccnc1Cl. The van der Waals surface area contributed by atoms with E-state index in [1.165, 1.54) is 0 Å². The summed E-state index contributed by atoms with van der Waals surface area (Å²) in [5, 5.41) is -0.329. The molecule has 0 aliphatic heterocycles. The third-order valence-corrected chi connectivity index (χ3v) is 3.42. The Morgan fingerprint density at radius 3 is 1.65 bits per heavy atom. The fraction of sp³-hybridized carbons (Fsp3) is 0.333. The number of halogens is 7. The first-order valence-electron chi connectivity index (χ1n) is 7.05. The minimum Gasteiger partial charge on any atom is -0.397 e. The summed E-state index contributed by atoms with van der Waals surface area (Å²) in [5.74, 6) is -0.114. The summed E-state index contributed by atoms with van der Waals surface area (Å²) in [6.45, 7) is 3.50. The van der Waals surface area contributed by atoms with E-state index >= 15 is 0 Å². The smallest absolute Gasteiger partial charge is 0.397 e. The highest BCUT2D eigenvalue weighted by Crippen LogP contribution is 2.36. The van der Waals surface area contributed by atoms with Crippen LogP contribution in [0.15, 0.2) is 24.5 Å². The maximum Gasteiger partial charge on any atom is 0.418 e. The van der Waals surface area contributed by atoms with Crippen LogP contribution in [-0.2, 0) is 12.4 Å². The third kappa shape index (κ3) is 5.38. The topological polar surface area (TPSA) is 77.8 Å². The van der Waals surface area contributed by atoms with Crippen LogP contribution in [0, 0.1) is 0 Å². The Bertz CT molecular complexity index is 759. The first kappa shape index (κ1) is 21.8. The molecule has 0 aromatic carbocycles. The van der Waals surface area contributed by atoms with Gasteiger partial charge in [-0.1, -0.05) is 25.4 Å². The van der Waals surface area contributed by atoms with Crippen molar-refractivity contribution in [1.82, 2.24) is 9.97 Å². The Hall–Kier alpha value is -2.23. The molecule has 0 bridgehead atoms. The van der Waals surface area contributed by atoms with Crippen molar-refractivity contribution in [1.29, 1.82) is 0 Å². The van der Waals surface area contributed by atoms with Gasteiger partial charge in [-0.3, -0.25) is 4.98 Å². The van der Waals surface area contributed by atoms with Crippen LogP contribution in [0.25, 0.3) is 0 Å². The van der Waals surface area contributed by atoms with E-state index in [0.29, 0.717) is 5.69 Å². The van der Waals surface area contributed by atoms with Crippen LogP contribution in [0.3, 0.4) is 0 Å². The number of nitrogens with zero attached hydrogens (tertiary/aromatic N) is 2.